The largest absolute Gasteiger partial charge is 0.361 e. The van der Waals surface area contributed by atoms with E-state index >= 15 is 0 Å². The van der Waals surface area contributed by atoms with E-state index in [9.17, 15) is 19.3 Å². The number of carbonyl (C=O) groups is 1. The molecule has 1 fully saturated rings. The van der Waals surface area contributed by atoms with Crippen molar-refractivity contribution in [1.82, 2.24) is 20.7 Å². The number of benzene rings is 1. The minimum absolute atomic E-state index is 0.0542. The molecule has 1 aromatic carbocycles. The maximum Gasteiger partial charge on any atom is 0.354 e. The molecule has 3 rings (SSSR count). The molecular weight excluding hydrogens is 405 g/mol. The summed E-state index contributed by atoms with van der Waals surface area (Å²) in [4.78, 5) is 31.4. The highest BCUT2D eigenvalue weighted by Crippen LogP contribution is 2.34. The first kappa shape index (κ1) is 22.3. The standard InChI is InChI=1S/C20H26FN7O3/c1-19(2)9-14(10-20(3,4)27-19)24-16-15(28(30)31)17(23-11-22-16)25-26-18(29)12-5-7-13(21)8-6-12/h5-8,11,14,27H,9-10H2,1-4H3,(H,26,29)(H2,22,23,24,25). The summed E-state index contributed by atoms with van der Waals surface area (Å²) in [7, 11) is 0. The van der Waals surface area contributed by atoms with E-state index in [-0.39, 0.29) is 40.0 Å². The molecule has 0 aliphatic carbocycles. The zero-order valence-corrected chi connectivity index (χ0v) is 17.8. The number of hydrazine groups is 1. The lowest BCUT2D eigenvalue weighted by Crippen LogP contribution is -2.60. The average molecular weight is 431 g/mol. The second-order valence-corrected chi connectivity index (χ2v) is 8.90. The van der Waals surface area contributed by atoms with E-state index in [1.807, 2.05) is 0 Å². The number of nitrogens with one attached hydrogen (secondary N) is 4. The Morgan fingerprint density at radius 2 is 1.71 bits per heavy atom. The lowest BCUT2D eigenvalue weighted by molar-refractivity contribution is -0.383. The van der Waals surface area contributed by atoms with Crippen molar-refractivity contribution in [3.63, 3.8) is 0 Å². The molecule has 166 valence electrons. The molecule has 11 heteroatoms. The number of halogens is 1. The molecule has 0 radical (unpaired) electrons. The number of aromatic nitrogens is 2. The Bertz CT molecular complexity index is 963. The smallest absolute Gasteiger partial charge is 0.354 e. The fourth-order valence-corrected chi connectivity index (χ4v) is 4.16. The van der Waals surface area contributed by atoms with Crippen molar-refractivity contribution in [2.24, 2.45) is 0 Å². The van der Waals surface area contributed by atoms with Crippen molar-refractivity contribution in [3.8, 4) is 0 Å². The minimum atomic E-state index is -0.605. The predicted molar refractivity (Wildman–Crippen MR) is 114 cm³/mol. The van der Waals surface area contributed by atoms with Crippen LogP contribution in [0.3, 0.4) is 0 Å². The van der Waals surface area contributed by atoms with Crippen LogP contribution in [0.4, 0.5) is 21.7 Å². The molecule has 1 saturated heterocycles. The van der Waals surface area contributed by atoms with Gasteiger partial charge in [0.1, 0.15) is 12.1 Å². The molecule has 31 heavy (non-hydrogen) atoms. The Morgan fingerprint density at radius 3 is 2.29 bits per heavy atom. The summed E-state index contributed by atoms with van der Waals surface area (Å²) in [6.07, 6.45) is 2.66. The van der Waals surface area contributed by atoms with E-state index in [1.165, 1.54) is 18.5 Å². The Morgan fingerprint density at radius 1 is 1.13 bits per heavy atom. The molecule has 1 amide bonds. The highest BCUT2D eigenvalue weighted by Gasteiger charge is 2.38. The van der Waals surface area contributed by atoms with Gasteiger partial charge in [0, 0.05) is 22.7 Å². The van der Waals surface area contributed by atoms with E-state index in [0.29, 0.717) is 0 Å². The monoisotopic (exact) mass is 431 g/mol. The van der Waals surface area contributed by atoms with Crippen LogP contribution in [0.1, 0.15) is 50.9 Å². The van der Waals surface area contributed by atoms with Gasteiger partial charge >= 0.3 is 5.69 Å². The van der Waals surface area contributed by atoms with Crippen molar-refractivity contribution < 1.29 is 14.1 Å². The topological polar surface area (TPSA) is 134 Å². The van der Waals surface area contributed by atoms with Crippen molar-refractivity contribution in [1.29, 1.82) is 0 Å². The average Bonchev–Trinajstić information content (AvgIpc) is 2.64. The Kier molecular flexibility index (Phi) is 6.07. The zero-order valence-electron chi connectivity index (χ0n) is 17.8. The zero-order chi connectivity index (χ0) is 22.8. The quantitative estimate of drug-likeness (QED) is 0.405. The van der Waals surface area contributed by atoms with E-state index < -0.39 is 16.6 Å². The maximum atomic E-state index is 13.0. The molecule has 0 unspecified atom stereocenters. The molecule has 1 aliphatic heterocycles. The first-order valence-corrected chi connectivity index (χ1v) is 9.83. The van der Waals surface area contributed by atoms with Gasteiger partial charge in [-0.3, -0.25) is 25.8 Å². The highest BCUT2D eigenvalue weighted by atomic mass is 19.1. The van der Waals surface area contributed by atoms with Gasteiger partial charge in [-0.2, -0.15) is 0 Å². The lowest BCUT2D eigenvalue weighted by atomic mass is 9.79. The highest BCUT2D eigenvalue weighted by molar-refractivity contribution is 5.95. The number of piperidine rings is 1. The number of amides is 1. The summed E-state index contributed by atoms with van der Waals surface area (Å²) in [5.41, 5.74) is 4.30. The number of carbonyl (C=O) groups excluding carboxylic acids is 1. The van der Waals surface area contributed by atoms with Crippen LogP contribution in [0.25, 0.3) is 0 Å². The van der Waals surface area contributed by atoms with Crippen LogP contribution in [0, 0.1) is 15.9 Å². The summed E-state index contributed by atoms with van der Waals surface area (Å²) in [6.45, 7) is 8.31. The second kappa shape index (κ2) is 8.42. The Hall–Kier alpha value is -3.34. The van der Waals surface area contributed by atoms with E-state index in [4.69, 9.17) is 0 Å². The molecule has 0 atom stereocenters. The van der Waals surface area contributed by atoms with Crippen LogP contribution >= 0.6 is 0 Å². The molecule has 0 saturated carbocycles. The number of anilines is 2. The first-order valence-electron chi connectivity index (χ1n) is 9.83. The van der Waals surface area contributed by atoms with Gasteiger partial charge in [-0.15, -0.1) is 0 Å². The number of nitro groups is 1. The number of rotatable bonds is 6. The van der Waals surface area contributed by atoms with Gasteiger partial charge < -0.3 is 10.6 Å². The molecule has 10 nitrogen and oxygen atoms in total. The van der Waals surface area contributed by atoms with Gasteiger partial charge in [0.05, 0.1) is 4.92 Å². The molecular formula is C20H26FN7O3. The fraction of sp³-hybridized carbons (Fsp3) is 0.450. The first-order chi connectivity index (χ1) is 14.5. The minimum Gasteiger partial charge on any atom is -0.361 e. The van der Waals surface area contributed by atoms with E-state index in [2.05, 4.69) is 59.1 Å². The van der Waals surface area contributed by atoms with Crippen LogP contribution in [0.2, 0.25) is 0 Å². The summed E-state index contributed by atoms with van der Waals surface area (Å²) in [6, 6.07) is 4.84. The molecule has 2 aromatic rings. The van der Waals surface area contributed by atoms with E-state index in [0.717, 1.165) is 25.0 Å². The van der Waals surface area contributed by atoms with Crippen molar-refractivity contribution >= 4 is 23.2 Å². The summed E-state index contributed by atoms with van der Waals surface area (Å²) < 4.78 is 13.0. The van der Waals surface area contributed by atoms with Crippen LogP contribution in [-0.2, 0) is 0 Å². The van der Waals surface area contributed by atoms with Crippen LogP contribution in [-0.4, -0.2) is 37.9 Å². The fourth-order valence-electron chi connectivity index (χ4n) is 4.16. The molecule has 4 N–H and O–H groups in total. The van der Waals surface area contributed by atoms with Gasteiger partial charge in [0.25, 0.3) is 5.91 Å². The van der Waals surface area contributed by atoms with Gasteiger partial charge in [-0.05, 0) is 64.8 Å². The second-order valence-electron chi connectivity index (χ2n) is 8.90. The van der Waals surface area contributed by atoms with Gasteiger partial charge in [-0.1, -0.05) is 0 Å². The Labute approximate surface area is 179 Å². The number of nitrogens with zero attached hydrogens (tertiary/aromatic N) is 3. The van der Waals surface area contributed by atoms with Gasteiger partial charge in [0.2, 0.25) is 11.6 Å². The molecule has 0 spiro atoms. The normalized spacial score (nSPS) is 17.6. The predicted octanol–water partition coefficient (Wildman–Crippen LogP) is 3.00. The molecule has 1 aliphatic rings. The van der Waals surface area contributed by atoms with Crippen molar-refractivity contribution in [2.45, 2.75) is 57.7 Å². The third kappa shape index (κ3) is 5.63. The maximum absolute atomic E-state index is 13.0. The van der Waals surface area contributed by atoms with Crippen LogP contribution in [0.5, 0.6) is 0 Å². The van der Waals surface area contributed by atoms with Crippen molar-refractivity contribution in [3.05, 3.63) is 52.1 Å². The third-order valence-electron chi connectivity index (χ3n) is 4.94. The summed E-state index contributed by atoms with van der Waals surface area (Å²) in [5, 5.41) is 18.5. The van der Waals surface area contributed by atoms with Crippen LogP contribution in [0.15, 0.2) is 30.6 Å². The third-order valence-corrected chi connectivity index (χ3v) is 4.94. The number of hydrogen-bond acceptors (Lipinski definition) is 8. The van der Waals surface area contributed by atoms with Gasteiger partial charge in [-0.25, -0.2) is 14.4 Å². The lowest BCUT2D eigenvalue weighted by Gasteiger charge is -2.46. The molecule has 1 aromatic heterocycles. The van der Waals surface area contributed by atoms with Crippen molar-refractivity contribution in [2.75, 3.05) is 10.7 Å². The molecule has 0 bridgehead atoms. The number of hydrogen-bond donors (Lipinski definition) is 4. The van der Waals surface area contributed by atoms with Crippen LogP contribution < -0.4 is 21.5 Å². The van der Waals surface area contributed by atoms with Gasteiger partial charge in [0.15, 0.2) is 0 Å². The molecule has 2 heterocycles. The summed E-state index contributed by atoms with van der Waals surface area (Å²) in [5.74, 6) is -1.16. The summed E-state index contributed by atoms with van der Waals surface area (Å²) >= 11 is 0. The Balaban J connectivity index is 1.78. The SMILES string of the molecule is CC1(C)CC(Nc2ncnc(NNC(=O)c3ccc(F)cc3)c2[N+](=O)[O-])CC(C)(C)N1. The van der Waals surface area contributed by atoms with E-state index in [1.54, 1.807) is 0 Å².